The van der Waals surface area contributed by atoms with E-state index >= 15 is 0 Å². The number of hydrogen-bond acceptors (Lipinski definition) is 2. The van der Waals surface area contributed by atoms with Crippen LogP contribution in [0.3, 0.4) is 0 Å². The third-order valence-corrected chi connectivity index (χ3v) is 4.72. The van der Waals surface area contributed by atoms with Gasteiger partial charge in [0.2, 0.25) is 0 Å². The predicted molar refractivity (Wildman–Crippen MR) is 67.4 cm³/mol. The summed E-state index contributed by atoms with van der Waals surface area (Å²) in [6.45, 7) is 4.80. The van der Waals surface area contributed by atoms with Gasteiger partial charge in [0, 0.05) is 11.6 Å². The van der Waals surface area contributed by atoms with Gasteiger partial charge in [-0.25, -0.2) is 0 Å². The van der Waals surface area contributed by atoms with Gasteiger partial charge in [0.1, 0.15) is 0 Å². The first kappa shape index (κ1) is 12.4. The molecule has 0 aliphatic heterocycles. The van der Waals surface area contributed by atoms with Gasteiger partial charge in [-0.1, -0.05) is 19.3 Å². The minimum absolute atomic E-state index is 0.0170. The van der Waals surface area contributed by atoms with E-state index in [1.807, 2.05) is 0 Å². The van der Waals surface area contributed by atoms with Crippen LogP contribution in [0.15, 0.2) is 0 Å². The largest absolute Gasteiger partial charge is 0.394 e. The maximum atomic E-state index is 9.58. The molecule has 0 aromatic heterocycles. The molecule has 2 saturated carbocycles. The number of rotatable bonds is 5. The van der Waals surface area contributed by atoms with Crippen molar-refractivity contribution in [1.82, 2.24) is 5.32 Å². The average molecular weight is 225 g/mol. The van der Waals surface area contributed by atoms with Gasteiger partial charge in [0.25, 0.3) is 0 Å². The van der Waals surface area contributed by atoms with Crippen LogP contribution in [0.25, 0.3) is 0 Å². The van der Waals surface area contributed by atoms with Crippen molar-refractivity contribution in [2.75, 3.05) is 6.61 Å². The molecule has 0 saturated heterocycles. The van der Waals surface area contributed by atoms with Crippen LogP contribution < -0.4 is 5.32 Å². The highest BCUT2D eigenvalue weighted by Gasteiger charge is 2.42. The minimum atomic E-state index is -0.0170. The van der Waals surface area contributed by atoms with Gasteiger partial charge >= 0.3 is 0 Å². The predicted octanol–water partition coefficient (Wildman–Crippen LogP) is 2.71. The Hall–Kier alpha value is -0.0800. The molecule has 0 amide bonds. The van der Waals surface area contributed by atoms with Crippen molar-refractivity contribution < 1.29 is 5.11 Å². The molecule has 2 heteroatoms. The van der Waals surface area contributed by atoms with Gasteiger partial charge < -0.3 is 10.4 Å². The van der Waals surface area contributed by atoms with E-state index in [-0.39, 0.29) is 12.1 Å². The molecule has 0 radical (unpaired) electrons. The number of hydrogen-bond donors (Lipinski definition) is 2. The lowest BCUT2D eigenvalue weighted by atomic mass is 9.83. The zero-order chi connectivity index (χ0) is 11.6. The second-order valence-corrected chi connectivity index (χ2v) is 6.18. The Kier molecular flexibility index (Phi) is 3.91. The molecule has 2 N–H and O–H groups in total. The van der Waals surface area contributed by atoms with Gasteiger partial charge in [0.05, 0.1) is 6.61 Å². The van der Waals surface area contributed by atoms with Crippen LogP contribution in [0.4, 0.5) is 0 Å². The molecule has 2 unspecified atom stereocenters. The molecule has 2 atom stereocenters. The normalized spacial score (nSPS) is 28.7. The summed E-state index contributed by atoms with van der Waals surface area (Å²) >= 11 is 0. The fourth-order valence-electron chi connectivity index (χ4n) is 3.29. The molecular formula is C14H27NO. The average Bonchev–Trinajstić information content (AvgIpc) is 3.14. The fourth-order valence-corrected chi connectivity index (χ4v) is 3.29. The second-order valence-electron chi connectivity index (χ2n) is 6.18. The first-order chi connectivity index (χ1) is 7.65. The molecular weight excluding hydrogens is 198 g/mol. The lowest BCUT2D eigenvalue weighted by molar-refractivity contribution is 0.124. The number of aliphatic hydroxyl groups is 1. The monoisotopic (exact) mass is 225 g/mol. The van der Waals surface area contributed by atoms with Crippen molar-refractivity contribution in [3.63, 3.8) is 0 Å². The summed E-state index contributed by atoms with van der Waals surface area (Å²) in [4.78, 5) is 0. The second kappa shape index (κ2) is 5.05. The third kappa shape index (κ3) is 2.78. The van der Waals surface area contributed by atoms with E-state index in [1.54, 1.807) is 0 Å². The molecule has 0 aromatic carbocycles. The molecule has 2 aliphatic carbocycles. The standard InChI is InChI=1S/C14H27NO/c1-11(12-6-4-3-5-7-12)15-14(2,10-16)13-8-9-13/h11-13,15-16H,3-10H2,1-2H3. The van der Waals surface area contributed by atoms with E-state index in [1.165, 1.54) is 44.9 Å². The number of aliphatic hydroxyl groups excluding tert-OH is 1. The van der Waals surface area contributed by atoms with Gasteiger partial charge in [-0.2, -0.15) is 0 Å². The molecule has 2 aliphatic rings. The highest BCUT2D eigenvalue weighted by Crippen LogP contribution is 2.40. The molecule has 2 nitrogen and oxygen atoms in total. The summed E-state index contributed by atoms with van der Waals surface area (Å²) in [7, 11) is 0. The maximum Gasteiger partial charge on any atom is 0.0613 e. The molecule has 0 aromatic rings. The molecule has 0 bridgehead atoms. The van der Waals surface area contributed by atoms with Crippen LogP contribution in [-0.4, -0.2) is 23.3 Å². The summed E-state index contributed by atoms with van der Waals surface area (Å²) in [6, 6.07) is 0.568. The first-order valence-corrected chi connectivity index (χ1v) is 7.04. The Morgan fingerprint density at radius 2 is 1.81 bits per heavy atom. The zero-order valence-electron chi connectivity index (χ0n) is 10.8. The summed E-state index contributed by atoms with van der Waals surface area (Å²) in [5.41, 5.74) is -0.0170. The van der Waals surface area contributed by atoms with E-state index in [0.717, 1.165) is 5.92 Å². The zero-order valence-corrected chi connectivity index (χ0v) is 10.8. The number of nitrogens with one attached hydrogen (secondary N) is 1. The molecule has 2 fully saturated rings. The maximum absolute atomic E-state index is 9.58. The van der Waals surface area contributed by atoms with Crippen LogP contribution in [0.5, 0.6) is 0 Å². The molecule has 2 rings (SSSR count). The van der Waals surface area contributed by atoms with Gasteiger partial charge in [-0.05, 0) is 51.4 Å². The van der Waals surface area contributed by atoms with Crippen molar-refractivity contribution in [2.24, 2.45) is 11.8 Å². The van der Waals surface area contributed by atoms with Gasteiger partial charge in [-0.15, -0.1) is 0 Å². The van der Waals surface area contributed by atoms with Crippen LogP contribution in [-0.2, 0) is 0 Å². The molecule has 0 spiro atoms. The SMILES string of the molecule is CC(NC(C)(CO)C1CC1)C1CCCCC1. The van der Waals surface area contributed by atoms with Gasteiger partial charge in [0.15, 0.2) is 0 Å². The van der Waals surface area contributed by atoms with Crippen molar-refractivity contribution in [2.45, 2.75) is 70.4 Å². The van der Waals surface area contributed by atoms with E-state index < -0.39 is 0 Å². The van der Waals surface area contributed by atoms with Crippen LogP contribution in [0.1, 0.15) is 58.8 Å². The Labute approximate surface area is 99.8 Å². The van der Waals surface area contributed by atoms with Crippen LogP contribution in [0.2, 0.25) is 0 Å². The van der Waals surface area contributed by atoms with Crippen LogP contribution in [0, 0.1) is 11.8 Å². The van der Waals surface area contributed by atoms with E-state index in [2.05, 4.69) is 19.2 Å². The van der Waals surface area contributed by atoms with E-state index in [0.29, 0.717) is 12.0 Å². The fraction of sp³-hybridized carbons (Fsp3) is 1.00. The summed E-state index contributed by atoms with van der Waals surface area (Å²) < 4.78 is 0. The first-order valence-electron chi connectivity index (χ1n) is 7.04. The minimum Gasteiger partial charge on any atom is -0.394 e. The highest BCUT2D eigenvalue weighted by molar-refractivity contribution is 4.99. The van der Waals surface area contributed by atoms with Gasteiger partial charge in [-0.3, -0.25) is 0 Å². The molecule has 0 heterocycles. The summed E-state index contributed by atoms with van der Waals surface area (Å²) in [5, 5.41) is 13.3. The topological polar surface area (TPSA) is 32.3 Å². The smallest absolute Gasteiger partial charge is 0.0613 e. The Morgan fingerprint density at radius 1 is 1.19 bits per heavy atom. The molecule has 94 valence electrons. The Balaban J connectivity index is 1.86. The van der Waals surface area contributed by atoms with Crippen molar-refractivity contribution >= 4 is 0 Å². The van der Waals surface area contributed by atoms with Crippen molar-refractivity contribution in [3.05, 3.63) is 0 Å². The van der Waals surface area contributed by atoms with E-state index in [4.69, 9.17) is 0 Å². The van der Waals surface area contributed by atoms with Crippen molar-refractivity contribution in [1.29, 1.82) is 0 Å². The summed E-state index contributed by atoms with van der Waals surface area (Å²) in [6.07, 6.45) is 9.55. The quantitative estimate of drug-likeness (QED) is 0.754. The van der Waals surface area contributed by atoms with Crippen molar-refractivity contribution in [3.8, 4) is 0 Å². The third-order valence-electron chi connectivity index (χ3n) is 4.72. The Morgan fingerprint density at radius 3 is 2.31 bits per heavy atom. The van der Waals surface area contributed by atoms with E-state index in [9.17, 15) is 5.11 Å². The molecule has 16 heavy (non-hydrogen) atoms. The Bertz CT molecular complexity index is 221. The lowest BCUT2D eigenvalue weighted by Gasteiger charge is -2.37. The summed E-state index contributed by atoms with van der Waals surface area (Å²) in [5.74, 6) is 1.54. The van der Waals surface area contributed by atoms with Crippen LogP contribution >= 0.6 is 0 Å². The lowest BCUT2D eigenvalue weighted by Crippen LogP contribution is -2.53. The highest BCUT2D eigenvalue weighted by atomic mass is 16.3.